The molecule has 1 aromatic rings. The summed E-state index contributed by atoms with van der Waals surface area (Å²) in [7, 11) is 1.66. The zero-order valence-corrected chi connectivity index (χ0v) is 8.29. The van der Waals surface area contributed by atoms with Crippen molar-refractivity contribution in [2.45, 2.75) is 18.4 Å². The van der Waals surface area contributed by atoms with Gasteiger partial charge in [-0.3, -0.25) is 0 Å². The van der Waals surface area contributed by atoms with E-state index in [4.69, 9.17) is 10.5 Å². The molecule has 1 aromatic carbocycles. The summed E-state index contributed by atoms with van der Waals surface area (Å²) in [4.78, 5) is 0. The Morgan fingerprint density at radius 2 is 2.36 bits per heavy atom. The number of aryl methyl sites for hydroxylation is 1. The number of ether oxygens (including phenoxy) is 1. The predicted molar refractivity (Wildman–Crippen MR) is 54.2 cm³/mol. The van der Waals surface area contributed by atoms with Crippen LogP contribution in [0, 0.1) is 0 Å². The highest BCUT2D eigenvalue weighted by Crippen LogP contribution is 2.36. The van der Waals surface area contributed by atoms with E-state index in [-0.39, 0.29) is 5.54 Å². The van der Waals surface area contributed by atoms with Gasteiger partial charge in [0.1, 0.15) is 5.75 Å². The molecule has 2 rings (SSSR count). The van der Waals surface area contributed by atoms with E-state index < -0.39 is 0 Å². The first-order chi connectivity index (χ1) is 6.65. The van der Waals surface area contributed by atoms with E-state index in [1.165, 1.54) is 0 Å². The van der Waals surface area contributed by atoms with Crippen LogP contribution in [0.5, 0.6) is 5.75 Å². The molecule has 3 nitrogen and oxygen atoms in total. The van der Waals surface area contributed by atoms with Crippen LogP contribution < -0.4 is 5.73 Å². The minimum atomic E-state index is -0.363. The Morgan fingerprint density at radius 1 is 1.57 bits per heavy atom. The number of methoxy groups -OCH3 is 1. The lowest BCUT2D eigenvalue weighted by molar-refractivity contribution is 0.132. The number of aromatic hydroxyl groups is 1. The lowest BCUT2D eigenvalue weighted by Crippen LogP contribution is -2.38. The standard InChI is InChI=1S/C11H15NO2/c1-14-7-11(12)5-4-8-6-9(13)2-3-10(8)11/h2-3,6,13H,4-5,7,12H2,1H3. The quantitative estimate of drug-likeness (QED) is 0.740. The Morgan fingerprint density at radius 3 is 3.07 bits per heavy atom. The minimum Gasteiger partial charge on any atom is -0.508 e. The Kier molecular flexibility index (Phi) is 2.21. The molecule has 1 unspecified atom stereocenters. The maximum absolute atomic E-state index is 9.32. The lowest BCUT2D eigenvalue weighted by atomic mass is 9.94. The number of phenolic OH excluding ortho intramolecular Hbond substituents is 1. The average Bonchev–Trinajstić information content (AvgIpc) is 2.44. The molecule has 0 amide bonds. The molecule has 0 aromatic heterocycles. The molecule has 0 saturated carbocycles. The summed E-state index contributed by atoms with van der Waals surface area (Å²) in [6, 6.07) is 5.37. The Hall–Kier alpha value is -1.06. The molecule has 0 heterocycles. The predicted octanol–water partition coefficient (Wildman–Crippen LogP) is 1.14. The van der Waals surface area contributed by atoms with Crippen molar-refractivity contribution >= 4 is 0 Å². The normalized spacial score (nSPS) is 25.0. The number of rotatable bonds is 2. The van der Waals surface area contributed by atoms with Gasteiger partial charge in [0.15, 0.2) is 0 Å². The van der Waals surface area contributed by atoms with Crippen LogP contribution in [0.25, 0.3) is 0 Å². The highest BCUT2D eigenvalue weighted by molar-refractivity contribution is 5.43. The molecule has 0 bridgehead atoms. The molecular formula is C11H15NO2. The van der Waals surface area contributed by atoms with Crippen LogP contribution in [0.2, 0.25) is 0 Å². The third kappa shape index (κ3) is 1.38. The molecule has 0 fully saturated rings. The van der Waals surface area contributed by atoms with Crippen LogP contribution in [0.15, 0.2) is 18.2 Å². The zero-order chi connectivity index (χ0) is 10.2. The fraction of sp³-hybridized carbons (Fsp3) is 0.455. The van der Waals surface area contributed by atoms with Gasteiger partial charge in [-0.15, -0.1) is 0 Å². The molecule has 76 valence electrons. The maximum Gasteiger partial charge on any atom is 0.115 e. The van der Waals surface area contributed by atoms with Crippen molar-refractivity contribution in [3.05, 3.63) is 29.3 Å². The first-order valence-corrected chi connectivity index (χ1v) is 4.76. The van der Waals surface area contributed by atoms with Gasteiger partial charge < -0.3 is 15.6 Å². The average molecular weight is 193 g/mol. The van der Waals surface area contributed by atoms with Crippen LogP contribution in [-0.2, 0) is 16.7 Å². The van der Waals surface area contributed by atoms with E-state index >= 15 is 0 Å². The highest BCUT2D eigenvalue weighted by Gasteiger charge is 2.34. The Balaban J connectivity index is 2.39. The second-order valence-electron chi connectivity index (χ2n) is 3.93. The van der Waals surface area contributed by atoms with Crippen molar-refractivity contribution in [2.24, 2.45) is 5.73 Å². The molecule has 0 radical (unpaired) electrons. The van der Waals surface area contributed by atoms with Crippen molar-refractivity contribution in [1.82, 2.24) is 0 Å². The van der Waals surface area contributed by atoms with Crippen LogP contribution in [0.3, 0.4) is 0 Å². The third-order valence-electron chi connectivity index (χ3n) is 2.87. The van der Waals surface area contributed by atoms with Gasteiger partial charge in [-0.1, -0.05) is 6.07 Å². The van der Waals surface area contributed by atoms with Crippen LogP contribution >= 0.6 is 0 Å². The second-order valence-corrected chi connectivity index (χ2v) is 3.93. The van der Waals surface area contributed by atoms with Crippen molar-refractivity contribution in [1.29, 1.82) is 0 Å². The van der Waals surface area contributed by atoms with E-state index in [2.05, 4.69) is 0 Å². The summed E-state index contributed by atoms with van der Waals surface area (Å²) in [5.74, 6) is 0.311. The van der Waals surface area contributed by atoms with E-state index in [0.29, 0.717) is 12.4 Å². The fourth-order valence-corrected chi connectivity index (χ4v) is 2.17. The monoisotopic (exact) mass is 193 g/mol. The molecule has 1 aliphatic carbocycles. The van der Waals surface area contributed by atoms with Crippen LogP contribution in [0.4, 0.5) is 0 Å². The molecule has 0 saturated heterocycles. The summed E-state index contributed by atoms with van der Waals surface area (Å²) in [6.45, 7) is 0.533. The van der Waals surface area contributed by atoms with Crippen LogP contribution in [-0.4, -0.2) is 18.8 Å². The number of nitrogens with two attached hydrogens (primary N) is 1. The maximum atomic E-state index is 9.32. The van der Waals surface area contributed by atoms with Gasteiger partial charge in [0, 0.05) is 7.11 Å². The van der Waals surface area contributed by atoms with Gasteiger partial charge in [0.2, 0.25) is 0 Å². The van der Waals surface area contributed by atoms with Crippen molar-refractivity contribution < 1.29 is 9.84 Å². The van der Waals surface area contributed by atoms with Crippen LogP contribution in [0.1, 0.15) is 17.5 Å². The SMILES string of the molecule is COCC1(N)CCc2cc(O)ccc21. The number of hydrogen-bond donors (Lipinski definition) is 2. The highest BCUT2D eigenvalue weighted by atomic mass is 16.5. The zero-order valence-electron chi connectivity index (χ0n) is 8.29. The molecular weight excluding hydrogens is 178 g/mol. The lowest BCUT2D eigenvalue weighted by Gasteiger charge is -2.24. The third-order valence-corrected chi connectivity index (χ3v) is 2.87. The number of benzene rings is 1. The summed E-state index contributed by atoms with van der Waals surface area (Å²) in [5.41, 5.74) is 8.11. The number of hydrogen-bond acceptors (Lipinski definition) is 3. The summed E-state index contributed by atoms with van der Waals surface area (Å²) < 4.78 is 5.13. The number of phenols is 1. The Labute approximate surface area is 83.5 Å². The molecule has 0 spiro atoms. The minimum absolute atomic E-state index is 0.311. The van der Waals surface area contributed by atoms with Crippen molar-refractivity contribution in [3.63, 3.8) is 0 Å². The molecule has 1 atom stereocenters. The largest absolute Gasteiger partial charge is 0.508 e. The van der Waals surface area contributed by atoms with Gasteiger partial charge in [-0.25, -0.2) is 0 Å². The second kappa shape index (κ2) is 3.26. The van der Waals surface area contributed by atoms with E-state index in [1.54, 1.807) is 19.2 Å². The van der Waals surface area contributed by atoms with Gasteiger partial charge in [0.05, 0.1) is 12.1 Å². The van der Waals surface area contributed by atoms with Crippen molar-refractivity contribution in [3.8, 4) is 5.75 Å². The number of fused-ring (bicyclic) bond motifs is 1. The topological polar surface area (TPSA) is 55.5 Å². The molecule has 1 aliphatic rings. The summed E-state index contributed by atoms with van der Waals surface area (Å²) >= 11 is 0. The fourth-order valence-electron chi connectivity index (χ4n) is 2.17. The molecule has 3 N–H and O–H groups in total. The van der Waals surface area contributed by atoms with Gasteiger partial charge in [-0.05, 0) is 36.1 Å². The van der Waals surface area contributed by atoms with E-state index in [1.807, 2.05) is 6.07 Å². The van der Waals surface area contributed by atoms with E-state index in [9.17, 15) is 5.11 Å². The molecule has 0 aliphatic heterocycles. The summed E-state index contributed by atoms with van der Waals surface area (Å²) in [6.07, 6.45) is 1.81. The van der Waals surface area contributed by atoms with E-state index in [0.717, 1.165) is 24.0 Å². The first-order valence-electron chi connectivity index (χ1n) is 4.76. The summed E-state index contributed by atoms with van der Waals surface area (Å²) in [5, 5.41) is 9.32. The molecule has 14 heavy (non-hydrogen) atoms. The van der Waals surface area contributed by atoms with Gasteiger partial charge in [0.25, 0.3) is 0 Å². The molecule has 3 heteroatoms. The first kappa shape index (κ1) is 9.49. The van der Waals surface area contributed by atoms with Gasteiger partial charge >= 0.3 is 0 Å². The van der Waals surface area contributed by atoms with Crippen molar-refractivity contribution in [2.75, 3.05) is 13.7 Å². The Bertz CT molecular complexity index is 351. The smallest absolute Gasteiger partial charge is 0.115 e. The van der Waals surface area contributed by atoms with Gasteiger partial charge in [-0.2, -0.15) is 0 Å².